The highest BCUT2D eigenvalue weighted by molar-refractivity contribution is 5.92. The lowest BCUT2D eigenvalue weighted by atomic mass is 10.1. The van der Waals surface area contributed by atoms with Crippen LogP contribution >= 0.6 is 0 Å². The number of hydrogen-bond acceptors (Lipinski definition) is 6. The summed E-state index contributed by atoms with van der Waals surface area (Å²) in [6.45, 7) is 0.938. The number of ether oxygens (including phenoxy) is 4. The van der Waals surface area contributed by atoms with Gasteiger partial charge in [0.1, 0.15) is 11.5 Å². The van der Waals surface area contributed by atoms with E-state index < -0.39 is 0 Å². The summed E-state index contributed by atoms with van der Waals surface area (Å²) >= 11 is 0. The molecule has 0 saturated carbocycles. The van der Waals surface area contributed by atoms with Gasteiger partial charge in [0.2, 0.25) is 12.7 Å². The normalized spacial score (nSPS) is 14.1. The number of carbonyl (C=O) groups is 2. The van der Waals surface area contributed by atoms with Gasteiger partial charge in [-0.05, 0) is 53.6 Å². The number of benzene rings is 3. The van der Waals surface area contributed by atoms with Crippen LogP contribution in [0.3, 0.4) is 0 Å². The fraction of sp³-hybridized carbons (Fsp3) is 0.231. The van der Waals surface area contributed by atoms with Gasteiger partial charge in [0.25, 0.3) is 5.91 Å². The molecule has 8 heteroatoms. The third kappa shape index (κ3) is 4.76. The van der Waals surface area contributed by atoms with Gasteiger partial charge in [-0.1, -0.05) is 18.2 Å². The molecule has 34 heavy (non-hydrogen) atoms. The average Bonchev–Trinajstić information content (AvgIpc) is 3.25. The SMILES string of the molecule is COc1ccc(CC(=O)Nc2ccc3c(c2)CN(Cc2ccc4c(c2)OCO4)C(=O)CO3)cc1. The van der Waals surface area contributed by atoms with Crippen LogP contribution in [-0.2, 0) is 29.1 Å². The van der Waals surface area contributed by atoms with Gasteiger partial charge >= 0.3 is 0 Å². The van der Waals surface area contributed by atoms with Crippen LogP contribution in [0.15, 0.2) is 60.7 Å². The third-order valence-electron chi connectivity index (χ3n) is 5.74. The highest BCUT2D eigenvalue weighted by Gasteiger charge is 2.23. The Morgan fingerprint density at radius 1 is 0.941 bits per heavy atom. The van der Waals surface area contributed by atoms with Gasteiger partial charge in [-0.15, -0.1) is 0 Å². The standard InChI is InChI=1S/C26H24N2O6/c1-31-21-6-2-17(3-7-21)11-25(29)27-20-5-9-22-19(12-20)14-28(26(30)15-32-22)13-18-4-8-23-24(10-18)34-16-33-23/h2-10,12H,11,13-16H2,1H3,(H,27,29). The van der Waals surface area contributed by atoms with Crippen molar-refractivity contribution in [3.05, 3.63) is 77.4 Å². The molecule has 0 fully saturated rings. The van der Waals surface area contributed by atoms with Crippen molar-refractivity contribution in [1.82, 2.24) is 4.90 Å². The fourth-order valence-electron chi connectivity index (χ4n) is 3.98. The van der Waals surface area contributed by atoms with Crippen molar-refractivity contribution in [2.45, 2.75) is 19.5 Å². The monoisotopic (exact) mass is 460 g/mol. The Morgan fingerprint density at radius 2 is 1.71 bits per heavy atom. The molecule has 0 unspecified atom stereocenters. The first kappa shape index (κ1) is 21.6. The van der Waals surface area contributed by atoms with Crippen LogP contribution < -0.4 is 24.3 Å². The highest BCUT2D eigenvalue weighted by atomic mass is 16.7. The number of hydrogen-bond donors (Lipinski definition) is 1. The Kier molecular flexibility index (Phi) is 5.95. The van der Waals surface area contributed by atoms with Crippen LogP contribution in [-0.4, -0.2) is 37.2 Å². The summed E-state index contributed by atoms with van der Waals surface area (Å²) in [4.78, 5) is 27.0. The summed E-state index contributed by atoms with van der Waals surface area (Å²) in [5, 5.41) is 2.93. The number of anilines is 1. The van der Waals surface area contributed by atoms with Gasteiger partial charge < -0.3 is 29.2 Å². The van der Waals surface area contributed by atoms with E-state index in [1.807, 2.05) is 48.5 Å². The second-order valence-electron chi connectivity index (χ2n) is 8.12. The molecule has 3 aromatic carbocycles. The van der Waals surface area contributed by atoms with E-state index in [4.69, 9.17) is 18.9 Å². The lowest BCUT2D eigenvalue weighted by molar-refractivity contribution is -0.133. The Balaban J connectivity index is 1.27. The van der Waals surface area contributed by atoms with Crippen molar-refractivity contribution < 1.29 is 28.5 Å². The molecule has 0 atom stereocenters. The van der Waals surface area contributed by atoms with E-state index >= 15 is 0 Å². The number of rotatable bonds is 6. The van der Waals surface area contributed by atoms with E-state index in [2.05, 4.69) is 5.32 Å². The molecule has 0 aromatic heterocycles. The Bertz CT molecular complexity index is 1220. The molecule has 2 aliphatic heterocycles. The molecule has 1 N–H and O–H groups in total. The molecule has 0 radical (unpaired) electrons. The van der Waals surface area contributed by atoms with Crippen molar-refractivity contribution in [3.63, 3.8) is 0 Å². The summed E-state index contributed by atoms with van der Waals surface area (Å²) in [6.07, 6.45) is 0.242. The number of amides is 2. The van der Waals surface area contributed by atoms with E-state index in [0.717, 1.165) is 22.4 Å². The summed E-state index contributed by atoms with van der Waals surface area (Å²) in [6, 6.07) is 18.5. The molecular formula is C26H24N2O6. The maximum atomic E-state index is 12.7. The molecule has 2 heterocycles. The predicted molar refractivity (Wildman–Crippen MR) is 124 cm³/mol. The van der Waals surface area contributed by atoms with Crippen LogP contribution in [0.2, 0.25) is 0 Å². The molecule has 0 aliphatic carbocycles. The predicted octanol–water partition coefficient (Wildman–Crippen LogP) is 3.53. The fourth-order valence-corrected chi connectivity index (χ4v) is 3.98. The van der Waals surface area contributed by atoms with Gasteiger partial charge in [-0.3, -0.25) is 9.59 Å². The smallest absolute Gasteiger partial charge is 0.261 e. The van der Waals surface area contributed by atoms with Crippen LogP contribution in [0.4, 0.5) is 5.69 Å². The highest BCUT2D eigenvalue weighted by Crippen LogP contribution is 2.33. The quantitative estimate of drug-likeness (QED) is 0.606. The molecule has 2 aliphatic rings. The third-order valence-corrected chi connectivity index (χ3v) is 5.74. The van der Waals surface area contributed by atoms with E-state index in [0.29, 0.717) is 36.0 Å². The van der Waals surface area contributed by atoms with Gasteiger partial charge in [0.05, 0.1) is 13.5 Å². The zero-order valence-corrected chi connectivity index (χ0v) is 18.7. The second kappa shape index (κ2) is 9.35. The molecule has 0 spiro atoms. The topological polar surface area (TPSA) is 86.3 Å². The second-order valence-corrected chi connectivity index (χ2v) is 8.12. The minimum atomic E-state index is -0.132. The zero-order chi connectivity index (χ0) is 23.5. The Labute approximate surface area is 197 Å². The molecular weight excluding hydrogens is 436 g/mol. The number of methoxy groups -OCH3 is 1. The molecule has 2 amide bonds. The van der Waals surface area contributed by atoms with Crippen LogP contribution in [0.1, 0.15) is 16.7 Å². The average molecular weight is 460 g/mol. The minimum absolute atomic E-state index is 0.0409. The zero-order valence-electron chi connectivity index (χ0n) is 18.7. The Hall–Kier alpha value is -4.20. The van der Waals surface area contributed by atoms with Gasteiger partial charge in [0, 0.05) is 24.3 Å². The van der Waals surface area contributed by atoms with Crippen LogP contribution in [0.25, 0.3) is 0 Å². The van der Waals surface area contributed by atoms with Crippen molar-refractivity contribution in [1.29, 1.82) is 0 Å². The van der Waals surface area contributed by atoms with E-state index in [1.165, 1.54) is 0 Å². The number of nitrogens with zero attached hydrogens (tertiary/aromatic N) is 1. The summed E-state index contributed by atoms with van der Waals surface area (Å²) < 4.78 is 21.7. The van der Waals surface area contributed by atoms with Crippen molar-refractivity contribution in [2.24, 2.45) is 0 Å². The summed E-state index contributed by atoms with van der Waals surface area (Å²) in [5.41, 5.74) is 3.30. The molecule has 0 saturated heterocycles. The molecule has 5 rings (SSSR count). The largest absolute Gasteiger partial charge is 0.497 e. The minimum Gasteiger partial charge on any atom is -0.497 e. The first-order chi connectivity index (χ1) is 16.6. The Morgan fingerprint density at radius 3 is 2.53 bits per heavy atom. The summed E-state index contributed by atoms with van der Waals surface area (Å²) in [5.74, 6) is 2.52. The lowest BCUT2D eigenvalue weighted by Gasteiger charge is -2.20. The van der Waals surface area contributed by atoms with E-state index in [-0.39, 0.29) is 31.6 Å². The maximum absolute atomic E-state index is 12.7. The lowest BCUT2D eigenvalue weighted by Crippen LogP contribution is -2.31. The maximum Gasteiger partial charge on any atom is 0.261 e. The van der Waals surface area contributed by atoms with Crippen molar-refractivity contribution >= 4 is 17.5 Å². The van der Waals surface area contributed by atoms with Crippen LogP contribution in [0, 0.1) is 0 Å². The van der Waals surface area contributed by atoms with E-state index in [9.17, 15) is 9.59 Å². The first-order valence-electron chi connectivity index (χ1n) is 10.9. The molecule has 8 nitrogen and oxygen atoms in total. The van der Waals surface area contributed by atoms with Crippen molar-refractivity contribution in [3.8, 4) is 23.0 Å². The van der Waals surface area contributed by atoms with E-state index in [1.54, 1.807) is 24.1 Å². The van der Waals surface area contributed by atoms with Gasteiger partial charge in [0.15, 0.2) is 18.1 Å². The number of fused-ring (bicyclic) bond motifs is 2. The first-order valence-corrected chi connectivity index (χ1v) is 10.9. The van der Waals surface area contributed by atoms with Crippen molar-refractivity contribution in [2.75, 3.05) is 25.8 Å². The number of carbonyl (C=O) groups excluding carboxylic acids is 2. The van der Waals surface area contributed by atoms with Gasteiger partial charge in [-0.25, -0.2) is 0 Å². The number of nitrogens with one attached hydrogen (secondary N) is 1. The summed E-state index contributed by atoms with van der Waals surface area (Å²) in [7, 11) is 1.60. The van der Waals surface area contributed by atoms with Crippen LogP contribution in [0.5, 0.6) is 23.0 Å². The molecule has 0 bridgehead atoms. The van der Waals surface area contributed by atoms with Gasteiger partial charge in [-0.2, -0.15) is 0 Å². The molecule has 174 valence electrons. The molecule has 3 aromatic rings.